The van der Waals surface area contributed by atoms with Crippen molar-refractivity contribution in [3.8, 4) is 28.4 Å². The number of nitrogens with zero attached hydrogens (tertiary/aromatic N) is 20. The van der Waals surface area contributed by atoms with Crippen LogP contribution in [0, 0.1) is 70.0 Å². The van der Waals surface area contributed by atoms with Crippen LogP contribution >= 0.6 is 0 Å². The van der Waals surface area contributed by atoms with E-state index in [9.17, 15) is 99.1 Å². The van der Waals surface area contributed by atoms with E-state index in [2.05, 4.69) is 52.1 Å². The number of rotatable bonds is 22. The Labute approximate surface area is 832 Å². The number of halogens is 10. The van der Waals surface area contributed by atoms with Crippen molar-refractivity contribution < 1.29 is 99.1 Å². The predicted molar refractivity (Wildman–Crippen MR) is 521 cm³/mol. The van der Waals surface area contributed by atoms with E-state index in [-0.39, 0.29) is 124 Å². The Morgan fingerprint density at radius 1 is 0.324 bits per heavy atom. The molecule has 0 unspecified atom stereocenters. The van der Waals surface area contributed by atoms with Gasteiger partial charge < -0.3 is 65.8 Å². The van der Waals surface area contributed by atoms with Crippen LogP contribution in [0.4, 0.5) is 96.3 Å². The van der Waals surface area contributed by atoms with Gasteiger partial charge in [-0.25, -0.2) is 117 Å². The average Bonchev–Trinajstić information content (AvgIpc) is 1.81. The zero-order valence-corrected chi connectivity index (χ0v) is 83.6. The third-order valence-corrected chi connectivity index (χ3v) is 29.9. The lowest BCUT2D eigenvalue weighted by atomic mass is 10.0. The lowest BCUT2D eigenvalue weighted by Crippen LogP contribution is -2.49. The third kappa shape index (κ3) is 29.9. The molecule has 1 saturated carbocycles. The number of carbonyl (C=O) groups is 8. The van der Waals surface area contributed by atoms with Gasteiger partial charge in [-0.3, -0.25) is 14.4 Å². The summed E-state index contributed by atoms with van der Waals surface area (Å²) in [4.78, 5) is 112. The lowest BCUT2D eigenvalue weighted by molar-refractivity contribution is -0.136. The summed E-state index contributed by atoms with van der Waals surface area (Å²) in [6.45, 7) is 15.9. The Kier molecular flexibility index (Phi) is 37.2. The fourth-order valence-electron chi connectivity index (χ4n) is 17.0. The number of nitrogens with one attached hydrogen (secondary N) is 5. The van der Waals surface area contributed by atoms with E-state index >= 15 is 0 Å². The molecule has 13 amide bonds. The number of likely N-dealkylation sites (tertiary alicyclic amines) is 3. The van der Waals surface area contributed by atoms with Crippen LogP contribution in [-0.2, 0) is 34.4 Å². The molecule has 5 aliphatic heterocycles. The molecule has 0 spiro atoms. The molecule has 1 aliphatic carbocycles. The first-order valence-electron chi connectivity index (χ1n) is 47.4. The van der Waals surface area contributed by atoms with Crippen LogP contribution in [-0.4, -0.2) is 303 Å². The van der Waals surface area contributed by atoms with E-state index < -0.39 is 83.5 Å². The number of amides is 13. The molecule has 49 heteroatoms. The van der Waals surface area contributed by atoms with E-state index in [1.165, 1.54) is 98.9 Å². The number of piperidine rings is 5. The quantitative estimate of drug-likeness (QED) is 0.0393. The lowest BCUT2D eigenvalue weighted by Gasteiger charge is -2.37. The molecular formula is C96H119F10N25O12S2. The highest BCUT2D eigenvalue weighted by atomic mass is 32.2. The fourth-order valence-corrected chi connectivity index (χ4v) is 19.4. The molecule has 5 N–H and O–H groups in total. The Morgan fingerprint density at radius 2 is 0.545 bits per heavy atom. The summed E-state index contributed by atoms with van der Waals surface area (Å²) in [5.41, 5.74) is 3.06. The molecule has 5 saturated heterocycles. The van der Waals surface area contributed by atoms with Gasteiger partial charge in [-0.15, -0.1) is 0 Å². The van der Waals surface area contributed by atoms with Crippen molar-refractivity contribution in [1.29, 1.82) is 0 Å². The van der Waals surface area contributed by atoms with Crippen LogP contribution in [0.25, 0.3) is 28.4 Å². The molecule has 0 atom stereocenters. The van der Waals surface area contributed by atoms with Crippen LogP contribution in [0.2, 0.25) is 0 Å². The largest absolute Gasteiger partial charge is 0.343 e. The first-order valence-corrected chi connectivity index (χ1v) is 50.5. The number of benzene rings is 5. The molecule has 10 heterocycles. The molecule has 0 radical (unpaired) electrons. The highest BCUT2D eigenvalue weighted by molar-refractivity contribution is 7.89. The molecule has 5 aromatic carbocycles. The monoisotopic (exact) mass is 2070 g/mol. The Hall–Kier alpha value is -14.0. The molecule has 6 fully saturated rings. The first kappa shape index (κ1) is 110. The van der Waals surface area contributed by atoms with E-state index in [4.69, 9.17) is 0 Å². The van der Waals surface area contributed by atoms with Crippen molar-refractivity contribution >= 4 is 96.4 Å². The summed E-state index contributed by atoms with van der Waals surface area (Å²) in [5.74, 6) is -6.36. The number of anilines is 5. The van der Waals surface area contributed by atoms with Crippen molar-refractivity contribution in [2.75, 3.05) is 133 Å². The zero-order valence-electron chi connectivity index (χ0n) is 82.0. The number of sulfonamides is 2. The summed E-state index contributed by atoms with van der Waals surface area (Å²) >= 11 is 0. The molecule has 782 valence electrons. The van der Waals surface area contributed by atoms with Gasteiger partial charge in [-0.1, -0.05) is 20.8 Å². The second kappa shape index (κ2) is 49.1. The van der Waals surface area contributed by atoms with Crippen molar-refractivity contribution in [3.05, 3.63) is 211 Å². The standard InChI is InChI=1S/C20H23F2N5O2.C20H25F2N5O2.C19H25F2N5O3S.C19H23F2N5O2.C18H23F2N5O3S/c1-25(17-4-6-26(7-5-17)19(28)13-2-3-13)20(29)24-16-11-23-27(12-16)18-9-14(21)8-15(22)10-18;1-13(2)19(28)26-6-4-17(5-7-26)25(3)20(29)24-16-11-23-27(12-16)18-9-14(21)8-15(22)10-18;1-13(2)30(28,29)25-6-4-17(5-7-25)24(3)19(27)23-16-11-22-26(12-16)18-9-14(20)8-15(21)10-18;1-3-18(27)25-6-4-16(5-7-25)24(2)19(28)23-15-11-22-26(12-15)17-9-13(20)8-14(21)10-17;1-3-29(27,28)24-6-4-16(5-7-24)23(2)18(26)22-15-11-21-25(12-15)17-9-13(19)8-14(20)10-17/h8-13,17H,2-7H2,1H3,(H,24,29);8-13,17H,4-7H2,1-3H3,(H,24,29);8-13,17H,4-7H2,1-3H3,(H,23,27);8-12,16H,3-7H2,1-2H3,(H,23,28);8-12,16H,3-7H2,1-2H3,(H,22,26). The average molecular weight is 2070 g/mol. The van der Waals surface area contributed by atoms with Gasteiger partial charge >= 0.3 is 30.2 Å². The van der Waals surface area contributed by atoms with Crippen LogP contribution in [0.3, 0.4) is 0 Å². The predicted octanol–water partition coefficient (Wildman–Crippen LogP) is 14.5. The van der Waals surface area contributed by atoms with Gasteiger partial charge in [0.1, 0.15) is 58.2 Å². The van der Waals surface area contributed by atoms with Crippen molar-refractivity contribution in [1.82, 2.24) is 96.7 Å². The minimum Gasteiger partial charge on any atom is -0.343 e. The number of aromatic nitrogens is 10. The summed E-state index contributed by atoms with van der Waals surface area (Å²) < 4.78 is 192. The molecule has 6 aliphatic rings. The Morgan fingerprint density at radius 3 is 0.759 bits per heavy atom. The van der Waals surface area contributed by atoms with Gasteiger partial charge in [0, 0.05) is 179 Å². The molecule has 5 aromatic heterocycles. The highest BCUT2D eigenvalue weighted by Crippen LogP contribution is 2.34. The molecule has 0 bridgehead atoms. The summed E-state index contributed by atoms with van der Waals surface area (Å²) in [5, 5.41) is 33.3. The van der Waals surface area contributed by atoms with E-state index in [0.717, 1.165) is 130 Å². The van der Waals surface area contributed by atoms with E-state index in [1.54, 1.807) is 75.6 Å². The third-order valence-electron chi connectivity index (χ3n) is 25.7. The summed E-state index contributed by atoms with van der Waals surface area (Å²) in [6.07, 6.45) is 23.4. The molecule has 10 aromatic rings. The number of urea groups is 5. The van der Waals surface area contributed by atoms with Crippen molar-refractivity contribution in [3.63, 3.8) is 0 Å². The number of carbonyl (C=O) groups excluding carboxylic acids is 8. The van der Waals surface area contributed by atoms with E-state index in [1.807, 2.05) is 35.5 Å². The Bertz CT molecular complexity index is 6200. The molecule has 16 rings (SSSR count). The number of hydrogen-bond donors (Lipinski definition) is 5. The maximum atomic E-state index is 13.4. The maximum absolute atomic E-state index is 13.4. The normalized spacial score (nSPS) is 15.8. The smallest absolute Gasteiger partial charge is 0.321 e. The SMILES string of the molecule is CC(C)C(=O)N1CCC(N(C)C(=O)Nc2cnn(-c3cc(F)cc(F)c3)c2)CC1.CC(C)S(=O)(=O)N1CCC(N(C)C(=O)Nc2cnn(-c3cc(F)cc(F)c3)c2)CC1.CCC(=O)N1CCC(N(C)C(=O)Nc2cnn(-c3cc(F)cc(F)c3)c2)CC1.CCS(=O)(=O)N1CCC(N(C)C(=O)Nc2cnn(-c3cc(F)cc(F)c3)c2)CC1.CN(C(=O)Nc1cnn(-c2cc(F)cc(F)c2)c1)C1CCN(C(=O)C2CC2)CC1. The second-order valence-electron chi connectivity index (χ2n) is 36.5. The Balaban J connectivity index is 0.000000161. The van der Waals surface area contributed by atoms with Gasteiger partial charge in [-0.2, -0.15) is 25.5 Å². The van der Waals surface area contributed by atoms with Gasteiger partial charge in [0.05, 0.1) is 130 Å². The van der Waals surface area contributed by atoms with Gasteiger partial charge in [0.25, 0.3) is 0 Å². The first-order chi connectivity index (χ1) is 68.8. The number of hydrogen-bond acceptors (Lipinski definition) is 17. The van der Waals surface area contributed by atoms with Crippen LogP contribution in [0.15, 0.2) is 153 Å². The summed E-state index contributed by atoms with van der Waals surface area (Å²) in [6, 6.07) is 13.6. The van der Waals surface area contributed by atoms with Crippen molar-refractivity contribution in [2.24, 2.45) is 11.8 Å². The summed E-state index contributed by atoms with van der Waals surface area (Å²) in [7, 11) is 1.94. The van der Waals surface area contributed by atoms with Crippen LogP contribution < -0.4 is 26.6 Å². The van der Waals surface area contributed by atoms with Gasteiger partial charge in [-0.05, 0) is 158 Å². The van der Waals surface area contributed by atoms with Crippen LogP contribution in [0.1, 0.15) is 125 Å². The molecular weight excluding hydrogens is 1950 g/mol. The van der Waals surface area contributed by atoms with Crippen LogP contribution in [0.5, 0.6) is 0 Å². The topological polar surface area (TPSA) is 386 Å². The van der Waals surface area contributed by atoms with Gasteiger partial charge in [0.15, 0.2) is 0 Å². The minimum absolute atomic E-state index is 0.0265. The highest BCUT2D eigenvalue weighted by Gasteiger charge is 2.39. The van der Waals surface area contributed by atoms with E-state index in [0.29, 0.717) is 139 Å². The molecule has 145 heavy (non-hydrogen) atoms. The second-order valence-corrected chi connectivity index (χ2v) is 41.2. The van der Waals surface area contributed by atoms with Gasteiger partial charge in [0.2, 0.25) is 37.8 Å². The zero-order chi connectivity index (χ0) is 105. The minimum atomic E-state index is -3.30. The molecule has 37 nitrogen and oxygen atoms in total. The van der Waals surface area contributed by atoms with Crippen molar-refractivity contribution in [2.45, 2.75) is 160 Å². The maximum Gasteiger partial charge on any atom is 0.321 e. The fraction of sp³-hybridized carbons (Fsp3) is 0.448.